The van der Waals surface area contributed by atoms with E-state index in [9.17, 15) is 14.4 Å². The zero-order chi connectivity index (χ0) is 12.9. The first kappa shape index (κ1) is 20.5. The maximum Gasteiger partial charge on any atom is 0.185 e. The number of carbonyl (C=O) groups is 3. The summed E-state index contributed by atoms with van der Waals surface area (Å²) in [5.74, 6) is 0. The van der Waals surface area contributed by atoms with Crippen LogP contribution in [-0.4, -0.2) is 15.3 Å². The van der Waals surface area contributed by atoms with Gasteiger partial charge in [0.25, 0.3) is 0 Å². The lowest BCUT2D eigenvalue weighted by Gasteiger charge is -1.70. The van der Waals surface area contributed by atoms with Crippen LogP contribution in [0.3, 0.4) is 0 Å². The Morgan fingerprint density at radius 2 is 0.733 bits per heavy atom. The van der Waals surface area contributed by atoms with Gasteiger partial charge in [-0.1, -0.05) is 20.8 Å². The van der Waals surface area contributed by atoms with Crippen molar-refractivity contribution in [2.75, 3.05) is 0 Å². The molecule has 90 valence electrons. The van der Waals surface area contributed by atoms with E-state index in [0.29, 0.717) is 19.3 Å². The Hall–Kier alpha value is 0.0600. The molecule has 0 bridgehead atoms. The van der Waals surface area contributed by atoms with Crippen molar-refractivity contribution in [3.8, 4) is 0 Å². The minimum Gasteiger partial charge on any atom is -0.288 e. The predicted molar refractivity (Wildman–Crippen MR) is 72.9 cm³/mol. The van der Waals surface area contributed by atoms with Crippen molar-refractivity contribution in [3.63, 3.8) is 0 Å². The highest BCUT2D eigenvalue weighted by molar-refractivity contribution is 7.97. The molecule has 0 unspecified atom stereocenters. The van der Waals surface area contributed by atoms with Crippen molar-refractivity contribution in [1.82, 2.24) is 0 Å². The monoisotopic (exact) mass is 270 g/mol. The van der Waals surface area contributed by atoms with Crippen LogP contribution in [0, 0.1) is 0 Å². The van der Waals surface area contributed by atoms with E-state index in [1.165, 1.54) is 0 Å². The van der Waals surface area contributed by atoms with Gasteiger partial charge in [-0.15, -0.1) is 37.9 Å². The van der Waals surface area contributed by atoms with E-state index in [-0.39, 0.29) is 15.3 Å². The second-order valence-electron chi connectivity index (χ2n) is 2.24. The van der Waals surface area contributed by atoms with Gasteiger partial charge in [-0.2, -0.15) is 0 Å². The number of rotatable bonds is 3. The van der Waals surface area contributed by atoms with E-state index in [1.54, 1.807) is 20.8 Å². The summed E-state index contributed by atoms with van der Waals surface area (Å²) >= 11 is 10.4. The number of carbonyl (C=O) groups excluding carboxylic acids is 3. The van der Waals surface area contributed by atoms with E-state index in [2.05, 4.69) is 37.9 Å². The Morgan fingerprint density at radius 1 is 0.667 bits per heavy atom. The van der Waals surface area contributed by atoms with Crippen molar-refractivity contribution < 1.29 is 14.4 Å². The lowest BCUT2D eigenvalue weighted by atomic mass is 10.6. The topological polar surface area (TPSA) is 51.2 Å². The molecule has 0 aliphatic carbocycles. The first-order chi connectivity index (χ1) is 6.81. The molecular weight excluding hydrogens is 252 g/mol. The minimum absolute atomic E-state index is 0.0509. The molecule has 0 aromatic carbocycles. The summed E-state index contributed by atoms with van der Waals surface area (Å²) in [4.78, 5) is 29.0. The van der Waals surface area contributed by atoms with Gasteiger partial charge in [-0.05, 0) is 0 Å². The minimum atomic E-state index is -0.0509. The lowest BCUT2D eigenvalue weighted by Crippen LogP contribution is -1.74. The first-order valence-corrected chi connectivity index (χ1v) is 5.81. The van der Waals surface area contributed by atoms with Crippen LogP contribution in [0.2, 0.25) is 0 Å². The normalized spacial score (nSPS) is 7.60. The lowest BCUT2D eigenvalue weighted by molar-refractivity contribution is -0.111. The summed E-state index contributed by atoms with van der Waals surface area (Å²) < 4.78 is 0. The Morgan fingerprint density at radius 3 is 0.733 bits per heavy atom. The quantitative estimate of drug-likeness (QED) is 0.691. The average molecular weight is 270 g/mol. The number of thiol groups is 3. The van der Waals surface area contributed by atoms with Crippen molar-refractivity contribution >= 4 is 53.2 Å². The van der Waals surface area contributed by atoms with Crippen LogP contribution in [-0.2, 0) is 14.4 Å². The van der Waals surface area contributed by atoms with Crippen LogP contribution in [0.15, 0.2) is 0 Å². The third kappa shape index (κ3) is 55.7. The van der Waals surface area contributed by atoms with Gasteiger partial charge in [-0.3, -0.25) is 14.4 Å². The summed E-state index contributed by atoms with van der Waals surface area (Å²) in [5, 5.41) is -0.153. The Bertz CT molecular complexity index is 160. The van der Waals surface area contributed by atoms with Crippen LogP contribution in [0.1, 0.15) is 40.0 Å². The van der Waals surface area contributed by atoms with Gasteiger partial charge < -0.3 is 0 Å². The van der Waals surface area contributed by atoms with Crippen molar-refractivity contribution in [2.45, 2.75) is 40.0 Å². The molecule has 0 rings (SSSR count). The molecule has 0 fully saturated rings. The molecule has 0 heterocycles. The molecule has 0 radical (unpaired) electrons. The van der Waals surface area contributed by atoms with Crippen molar-refractivity contribution in [2.24, 2.45) is 0 Å². The van der Waals surface area contributed by atoms with Crippen LogP contribution in [0.5, 0.6) is 0 Å². The molecule has 0 aliphatic rings. The predicted octanol–water partition coefficient (Wildman–Crippen LogP) is 2.56. The number of hydrogen-bond acceptors (Lipinski definition) is 3. The van der Waals surface area contributed by atoms with Gasteiger partial charge in [-0.25, -0.2) is 0 Å². The molecule has 0 amide bonds. The summed E-state index contributed by atoms with van der Waals surface area (Å²) in [6.45, 7) is 5.32. The first-order valence-electron chi connectivity index (χ1n) is 4.47. The zero-order valence-electron chi connectivity index (χ0n) is 9.19. The summed E-state index contributed by atoms with van der Waals surface area (Å²) in [7, 11) is 0. The highest BCUT2D eigenvalue weighted by Gasteiger charge is 1.79. The Labute approximate surface area is 108 Å². The molecule has 3 nitrogen and oxygen atoms in total. The van der Waals surface area contributed by atoms with Gasteiger partial charge in [0.05, 0.1) is 0 Å². The largest absolute Gasteiger partial charge is 0.288 e. The maximum absolute atomic E-state index is 9.68. The van der Waals surface area contributed by atoms with Gasteiger partial charge in [0.15, 0.2) is 15.3 Å². The maximum atomic E-state index is 9.68. The Balaban J connectivity index is -0.000000144. The van der Waals surface area contributed by atoms with Gasteiger partial charge in [0.1, 0.15) is 0 Å². The standard InChI is InChI=1S/3C3H6OS/c3*1-2-3(4)5/h3*2H2,1H3,(H,4,5). The van der Waals surface area contributed by atoms with Crippen molar-refractivity contribution in [3.05, 3.63) is 0 Å². The molecule has 6 heteroatoms. The summed E-state index contributed by atoms with van der Waals surface area (Å²) in [6.07, 6.45) is 1.59. The number of hydrogen-bond donors (Lipinski definition) is 3. The fourth-order valence-electron chi connectivity index (χ4n) is 0. The van der Waals surface area contributed by atoms with Gasteiger partial charge >= 0.3 is 0 Å². The second kappa shape index (κ2) is 16.5. The molecular formula is C9H18O3S3. The molecule has 0 aliphatic heterocycles. The molecule has 15 heavy (non-hydrogen) atoms. The van der Waals surface area contributed by atoms with E-state index in [4.69, 9.17) is 0 Å². The molecule has 0 aromatic rings. The average Bonchev–Trinajstić information content (AvgIpc) is 2.19. The summed E-state index contributed by atoms with van der Waals surface area (Å²) in [6, 6.07) is 0. The van der Waals surface area contributed by atoms with Crippen molar-refractivity contribution in [1.29, 1.82) is 0 Å². The fourth-order valence-corrected chi connectivity index (χ4v) is 0. The molecule has 0 N–H and O–H groups in total. The molecule has 0 aromatic heterocycles. The van der Waals surface area contributed by atoms with Crippen LogP contribution in [0.25, 0.3) is 0 Å². The van der Waals surface area contributed by atoms with Gasteiger partial charge in [0, 0.05) is 19.3 Å². The summed E-state index contributed by atoms with van der Waals surface area (Å²) in [5.41, 5.74) is 0. The molecule has 0 atom stereocenters. The highest BCUT2D eigenvalue weighted by atomic mass is 32.1. The third-order valence-electron chi connectivity index (χ3n) is 0.907. The van der Waals surface area contributed by atoms with E-state index in [1.807, 2.05) is 0 Å². The van der Waals surface area contributed by atoms with Crippen LogP contribution >= 0.6 is 37.9 Å². The van der Waals surface area contributed by atoms with E-state index >= 15 is 0 Å². The second-order valence-corrected chi connectivity index (χ2v) is 3.74. The molecule has 0 saturated heterocycles. The van der Waals surface area contributed by atoms with Crippen LogP contribution < -0.4 is 0 Å². The van der Waals surface area contributed by atoms with Crippen LogP contribution in [0.4, 0.5) is 0 Å². The van der Waals surface area contributed by atoms with Gasteiger partial charge in [0.2, 0.25) is 0 Å². The van der Waals surface area contributed by atoms with E-state index < -0.39 is 0 Å². The Kier molecular flexibility index (Phi) is 22.5. The fraction of sp³-hybridized carbons (Fsp3) is 0.667. The molecule has 0 spiro atoms. The molecule has 0 saturated carbocycles. The third-order valence-corrected chi connectivity index (χ3v) is 1.86. The van der Waals surface area contributed by atoms with E-state index in [0.717, 1.165) is 0 Å². The smallest absolute Gasteiger partial charge is 0.185 e. The zero-order valence-corrected chi connectivity index (χ0v) is 11.9. The highest BCUT2D eigenvalue weighted by Crippen LogP contribution is 1.81. The SMILES string of the molecule is CCC(=O)S.CCC(=O)S.CCC(=O)S.